The summed E-state index contributed by atoms with van der Waals surface area (Å²) in [5.41, 5.74) is 2.82. The molecule has 0 bridgehead atoms. The van der Waals surface area contributed by atoms with Gasteiger partial charge >= 0.3 is 12.1 Å². The quantitative estimate of drug-likeness (QED) is 0.825. The summed E-state index contributed by atoms with van der Waals surface area (Å²) in [7, 11) is 1.32. The van der Waals surface area contributed by atoms with Crippen molar-refractivity contribution in [2.75, 3.05) is 7.11 Å². The van der Waals surface area contributed by atoms with E-state index >= 15 is 0 Å². The number of aryl methyl sites for hydroxylation is 1. The number of alkyl carbamates (subject to hydrolysis) is 1. The molecule has 2 aromatic carbocycles. The number of benzene rings is 2. The lowest BCUT2D eigenvalue weighted by atomic mass is 10.0. The molecular weight excluding hydrogens is 306 g/mol. The number of carbonyl (C=O) groups excluding carboxylic acids is 2. The van der Waals surface area contributed by atoms with E-state index in [0.717, 1.165) is 16.7 Å². The molecule has 1 N–H and O–H groups in total. The molecule has 0 fully saturated rings. The summed E-state index contributed by atoms with van der Waals surface area (Å²) in [6.07, 6.45) is -0.534. The Bertz CT molecular complexity index is 668. The summed E-state index contributed by atoms with van der Waals surface area (Å²) >= 11 is 0. The van der Waals surface area contributed by atoms with Crippen LogP contribution in [0.1, 0.15) is 29.2 Å². The summed E-state index contributed by atoms with van der Waals surface area (Å²) < 4.78 is 9.92. The molecule has 0 aromatic heterocycles. The maximum atomic E-state index is 12.1. The van der Waals surface area contributed by atoms with Gasteiger partial charge in [-0.3, -0.25) is 4.79 Å². The number of hydrogen-bond acceptors (Lipinski definition) is 4. The minimum Gasteiger partial charge on any atom is -0.469 e. The second kappa shape index (κ2) is 8.72. The highest BCUT2D eigenvalue weighted by molar-refractivity contribution is 5.73. The zero-order chi connectivity index (χ0) is 17.4. The van der Waals surface area contributed by atoms with Gasteiger partial charge in [0.2, 0.25) is 0 Å². The molecule has 0 aliphatic carbocycles. The minimum absolute atomic E-state index is 0.0417. The molecule has 0 unspecified atom stereocenters. The second-order valence-electron chi connectivity index (χ2n) is 5.45. The summed E-state index contributed by atoms with van der Waals surface area (Å²) in [4.78, 5) is 23.7. The van der Waals surface area contributed by atoms with Crippen LogP contribution in [0.5, 0.6) is 0 Å². The van der Waals surface area contributed by atoms with Crippen molar-refractivity contribution in [1.29, 1.82) is 0 Å². The van der Waals surface area contributed by atoms with Crippen molar-refractivity contribution < 1.29 is 19.1 Å². The van der Waals surface area contributed by atoms with Gasteiger partial charge in [0, 0.05) is 0 Å². The van der Waals surface area contributed by atoms with Gasteiger partial charge in [0.05, 0.1) is 19.6 Å². The first-order chi connectivity index (χ1) is 11.6. The Morgan fingerprint density at radius 2 is 1.71 bits per heavy atom. The van der Waals surface area contributed by atoms with Crippen LogP contribution in [0.25, 0.3) is 0 Å². The molecule has 1 amide bonds. The van der Waals surface area contributed by atoms with Crippen molar-refractivity contribution in [1.82, 2.24) is 5.32 Å². The number of methoxy groups -OCH3 is 1. The fraction of sp³-hybridized carbons (Fsp3) is 0.263. The Balaban J connectivity index is 2.00. The van der Waals surface area contributed by atoms with Crippen LogP contribution < -0.4 is 5.32 Å². The van der Waals surface area contributed by atoms with E-state index in [0.29, 0.717) is 0 Å². The second-order valence-corrected chi connectivity index (χ2v) is 5.45. The summed E-state index contributed by atoms with van der Waals surface area (Å²) in [5.74, 6) is -0.399. The normalized spacial score (nSPS) is 11.4. The van der Waals surface area contributed by atoms with Crippen molar-refractivity contribution in [3.05, 3.63) is 71.3 Å². The Morgan fingerprint density at radius 3 is 2.33 bits per heavy atom. The van der Waals surface area contributed by atoms with E-state index in [1.165, 1.54) is 7.11 Å². The topological polar surface area (TPSA) is 64.6 Å². The third-order valence-corrected chi connectivity index (χ3v) is 3.58. The van der Waals surface area contributed by atoms with Crippen molar-refractivity contribution in [2.45, 2.75) is 26.0 Å². The van der Waals surface area contributed by atoms with Gasteiger partial charge in [-0.15, -0.1) is 0 Å². The molecular formula is C19H21NO4. The van der Waals surface area contributed by atoms with Crippen molar-refractivity contribution >= 4 is 12.1 Å². The largest absolute Gasteiger partial charge is 0.469 e. The Hall–Kier alpha value is -2.82. The third-order valence-electron chi connectivity index (χ3n) is 3.58. The van der Waals surface area contributed by atoms with E-state index in [4.69, 9.17) is 9.47 Å². The SMILES string of the molecule is COC(=O)C[C@H](NC(=O)OCc1ccccc1)c1ccc(C)cc1. The number of rotatable bonds is 6. The minimum atomic E-state index is -0.576. The molecule has 0 aliphatic heterocycles. The average molecular weight is 327 g/mol. The Labute approximate surface area is 141 Å². The molecule has 1 atom stereocenters. The molecule has 5 heteroatoms. The maximum Gasteiger partial charge on any atom is 0.407 e. The van der Waals surface area contributed by atoms with Crippen molar-refractivity contribution in [2.24, 2.45) is 0 Å². The zero-order valence-corrected chi connectivity index (χ0v) is 13.8. The van der Waals surface area contributed by atoms with Crippen molar-refractivity contribution in [3.8, 4) is 0 Å². The first kappa shape index (κ1) is 17.5. The van der Waals surface area contributed by atoms with Crippen LogP contribution in [0.3, 0.4) is 0 Å². The first-order valence-electron chi connectivity index (χ1n) is 7.69. The van der Waals surface area contributed by atoms with Crippen molar-refractivity contribution in [3.63, 3.8) is 0 Å². The molecule has 0 radical (unpaired) electrons. The van der Waals surface area contributed by atoms with Crippen LogP contribution in [0.4, 0.5) is 4.79 Å². The smallest absolute Gasteiger partial charge is 0.407 e. The number of hydrogen-bond donors (Lipinski definition) is 1. The van der Waals surface area contributed by atoms with E-state index in [9.17, 15) is 9.59 Å². The van der Waals surface area contributed by atoms with Gasteiger partial charge in [0.15, 0.2) is 0 Å². The molecule has 0 saturated carbocycles. The highest BCUT2D eigenvalue weighted by atomic mass is 16.5. The van der Waals surface area contributed by atoms with E-state index < -0.39 is 18.1 Å². The predicted molar refractivity (Wildman–Crippen MR) is 90.3 cm³/mol. The standard InChI is InChI=1S/C19H21NO4/c1-14-8-10-16(11-9-14)17(12-18(21)23-2)20-19(22)24-13-15-6-4-3-5-7-15/h3-11,17H,12-13H2,1-2H3,(H,20,22)/t17-/m0/s1. The monoisotopic (exact) mass is 327 g/mol. The average Bonchev–Trinajstić information content (AvgIpc) is 2.61. The zero-order valence-electron chi connectivity index (χ0n) is 13.8. The highest BCUT2D eigenvalue weighted by Gasteiger charge is 2.19. The molecule has 0 spiro atoms. The van der Waals surface area contributed by atoms with Crippen LogP contribution >= 0.6 is 0 Å². The number of carbonyl (C=O) groups is 2. The summed E-state index contributed by atoms with van der Waals surface area (Å²) in [6.45, 7) is 2.15. The van der Waals surface area contributed by atoms with Gasteiger partial charge in [0.1, 0.15) is 6.61 Å². The lowest BCUT2D eigenvalue weighted by Gasteiger charge is -2.18. The van der Waals surface area contributed by atoms with Crippen LogP contribution in [0, 0.1) is 6.92 Å². The Kier molecular flexibility index (Phi) is 6.37. The number of ether oxygens (including phenoxy) is 2. The molecule has 2 aromatic rings. The molecule has 126 valence electrons. The summed E-state index contributed by atoms with van der Waals surface area (Å²) in [6, 6.07) is 16.5. The first-order valence-corrected chi connectivity index (χ1v) is 7.69. The number of nitrogens with one attached hydrogen (secondary N) is 1. The molecule has 24 heavy (non-hydrogen) atoms. The predicted octanol–water partition coefficient (Wildman–Crippen LogP) is 3.53. The lowest BCUT2D eigenvalue weighted by Crippen LogP contribution is -2.31. The molecule has 0 aliphatic rings. The molecule has 5 nitrogen and oxygen atoms in total. The fourth-order valence-corrected chi connectivity index (χ4v) is 2.21. The third kappa shape index (κ3) is 5.43. The van der Waals surface area contributed by atoms with Crippen LogP contribution in [-0.2, 0) is 20.9 Å². The molecule has 0 saturated heterocycles. The molecule has 0 heterocycles. The van der Waals surface area contributed by atoms with Gasteiger partial charge < -0.3 is 14.8 Å². The number of esters is 1. The van der Waals surface area contributed by atoms with E-state index in [2.05, 4.69) is 5.32 Å². The maximum absolute atomic E-state index is 12.1. The van der Waals surface area contributed by atoms with Gasteiger partial charge in [-0.2, -0.15) is 0 Å². The fourth-order valence-electron chi connectivity index (χ4n) is 2.21. The van der Waals surface area contributed by atoms with Gasteiger partial charge in [-0.1, -0.05) is 60.2 Å². The van der Waals surface area contributed by atoms with Crippen LogP contribution in [-0.4, -0.2) is 19.2 Å². The van der Waals surface area contributed by atoms with Gasteiger partial charge in [0.25, 0.3) is 0 Å². The molecule has 2 rings (SSSR count). The van der Waals surface area contributed by atoms with E-state index in [1.807, 2.05) is 61.5 Å². The van der Waals surface area contributed by atoms with Gasteiger partial charge in [-0.25, -0.2) is 4.79 Å². The highest BCUT2D eigenvalue weighted by Crippen LogP contribution is 2.18. The van der Waals surface area contributed by atoms with Crippen LogP contribution in [0.2, 0.25) is 0 Å². The number of amides is 1. The summed E-state index contributed by atoms with van der Waals surface area (Å²) in [5, 5.41) is 2.73. The lowest BCUT2D eigenvalue weighted by molar-refractivity contribution is -0.141. The van der Waals surface area contributed by atoms with Crippen LogP contribution in [0.15, 0.2) is 54.6 Å². The van der Waals surface area contributed by atoms with E-state index in [1.54, 1.807) is 0 Å². The van der Waals surface area contributed by atoms with Gasteiger partial charge in [-0.05, 0) is 18.1 Å². The van der Waals surface area contributed by atoms with E-state index in [-0.39, 0.29) is 13.0 Å². The Morgan fingerprint density at radius 1 is 1.04 bits per heavy atom.